The second-order valence-electron chi connectivity index (χ2n) is 6.85. The Labute approximate surface area is 110 Å². The maximum atomic E-state index is 2.53. The van der Waals surface area contributed by atoms with Gasteiger partial charge in [-0.05, 0) is 46.6 Å². The van der Waals surface area contributed by atoms with Crippen molar-refractivity contribution < 1.29 is 0 Å². The molecule has 0 aliphatic heterocycles. The van der Waals surface area contributed by atoms with Gasteiger partial charge in [-0.2, -0.15) is 0 Å². The monoisotopic (exact) mass is 250 g/mol. The van der Waals surface area contributed by atoms with Gasteiger partial charge in [0.2, 0.25) is 0 Å². The molecule has 0 spiro atoms. The van der Waals surface area contributed by atoms with Crippen LogP contribution in [0.2, 0.25) is 5.04 Å². The van der Waals surface area contributed by atoms with Gasteiger partial charge in [0, 0.05) is 0 Å². The van der Waals surface area contributed by atoms with Crippen LogP contribution in [0.5, 0.6) is 0 Å². The van der Waals surface area contributed by atoms with Crippen molar-refractivity contribution in [2.45, 2.75) is 67.4 Å². The SMILES string of the molecule is CC(C)=C[Si](C=C(C)C)(C=C(C)C)C(C)(C)C. The van der Waals surface area contributed by atoms with Gasteiger partial charge in [-0.15, -0.1) is 0 Å². The zero-order chi connectivity index (χ0) is 13.9. The predicted molar refractivity (Wildman–Crippen MR) is 83.8 cm³/mol. The first-order valence-electron chi connectivity index (χ1n) is 6.48. The van der Waals surface area contributed by atoms with Crippen molar-refractivity contribution in [3.8, 4) is 0 Å². The minimum Gasteiger partial charge on any atom is -0.0877 e. The second kappa shape index (κ2) is 5.86. The molecular formula is C16H30Si. The summed E-state index contributed by atoms with van der Waals surface area (Å²) in [5.41, 5.74) is 11.9. The first-order chi connectivity index (χ1) is 7.50. The molecule has 0 aromatic rings. The Morgan fingerprint density at radius 3 is 1.00 bits per heavy atom. The van der Waals surface area contributed by atoms with Crippen LogP contribution < -0.4 is 0 Å². The van der Waals surface area contributed by atoms with E-state index < -0.39 is 8.07 Å². The van der Waals surface area contributed by atoms with Crippen molar-refractivity contribution in [1.29, 1.82) is 0 Å². The lowest BCUT2D eigenvalue weighted by molar-refractivity contribution is 0.735. The van der Waals surface area contributed by atoms with Gasteiger partial charge < -0.3 is 0 Å². The Bertz CT molecular complexity index is 291. The average Bonchev–Trinajstić information content (AvgIpc) is 1.96. The highest BCUT2D eigenvalue weighted by Crippen LogP contribution is 2.40. The topological polar surface area (TPSA) is 0 Å². The molecule has 0 saturated carbocycles. The van der Waals surface area contributed by atoms with Gasteiger partial charge in [-0.25, -0.2) is 0 Å². The summed E-state index contributed by atoms with van der Waals surface area (Å²) in [4.78, 5) is 0. The lowest BCUT2D eigenvalue weighted by Crippen LogP contribution is -2.40. The normalized spacial score (nSPS) is 11.8. The molecule has 0 nitrogen and oxygen atoms in total. The molecule has 98 valence electrons. The molecule has 0 radical (unpaired) electrons. The third-order valence-corrected chi connectivity index (χ3v) is 8.64. The van der Waals surface area contributed by atoms with Gasteiger partial charge in [0.15, 0.2) is 0 Å². The van der Waals surface area contributed by atoms with Crippen molar-refractivity contribution in [2.75, 3.05) is 0 Å². The maximum absolute atomic E-state index is 2.53. The smallest absolute Gasteiger partial charge is 0.0877 e. The van der Waals surface area contributed by atoms with Crippen LogP contribution in [0.3, 0.4) is 0 Å². The second-order valence-corrected chi connectivity index (χ2v) is 11.1. The van der Waals surface area contributed by atoms with E-state index in [0.717, 1.165) is 0 Å². The number of hydrogen-bond acceptors (Lipinski definition) is 0. The third-order valence-electron chi connectivity index (χ3n) is 2.88. The van der Waals surface area contributed by atoms with Crippen LogP contribution >= 0.6 is 0 Å². The Morgan fingerprint density at radius 1 is 0.647 bits per heavy atom. The summed E-state index contributed by atoms with van der Waals surface area (Å²) in [5, 5.41) is 0.318. The highest BCUT2D eigenvalue weighted by Gasteiger charge is 2.38. The van der Waals surface area contributed by atoms with E-state index in [1.165, 1.54) is 16.7 Å². The minimum absolute atomic E-state index is 0.318. The summed E-state index contributed by atoms with van der Waals surface area (Å²) in [5.74, 6) is 0. The van der Waals surface area contributed by atoms with E-state index in [0.29, 0.717) is 5.04 Å². The molecule has 0 rings (SSSR count). The first-order valence-corrected chi connectivity index (χ1v) is 8.71. The molecule has 0 fully saturated rings. The lowest BCUT2D eigenvalue weighted by atomic mass is 10.2. The summed E-state index contributed by atoms with van der Waals surface area (Å²) in [6.45, 7) is 20.4. The standard InChI is InChI=1S/C16H30Si/c1-13(2)10-17(11-14(3)4,12-15(5)6)16(7,8)9/h10-12H,1-9H3. The van der Waals surface area contributed by atoms with Crippen LogP contribution in [0.25, 0.3) is 0 Å². The summed E-state index contributed by atoms with van der Waals surface area (Å²) in [6, 6.07) is 0. The molecule has 0 saturated heterocycles. The maximum Gasteiger partial charge on any atom is 0.131 e. The molecule has 0 amide bonds. The minimum atomic E-state index is -1.67. The van der Waals surface area contributed by atoms with Gasteiger partial charge in [0.05, 0.1) is 0 Å². The van der Waals surface area contributed by atoms with Gasteiger partial charge >= 0.3 is 0 Å². The van der Waals surface area contributed by atoms with E-state index in [-0.39, 0.29) is 0 Å². The largest absolute Gasteiger partial charge is 0.131 e. The fourth-order valence-corrected chi connectivity index (χ4v) is 6.62. The van der Waals surface area contributed by atoms with Crippen LogP contribution in [0, 0.1) is 0 Å². The molecule has 0 aromatic heterocycles. The predicted octanol–water partition coefficient (Wildman–Crippen LogP) is 5.75. The molecule has 0 aromatic carbocycles. The summed E-state index contributed by atoms with van der Waals surface area (Å²) >= 11 is 0. The first kappa shape index (κ1) is 16.4. The zero-order valence-corrected chi connectivity index (χ0v) is 14.2. The molecule has 17 heavy (non-hydrogen) atoms. The van der Waals surface area contributed by atoms with Crippen molar-refractivity contribution in [2.24, 2.45) is 0 Å². The quantitative estimate of drug-likeness (QED) is 0.559. The van der Waals surface area contributed by atoms with Crippen molar-refractivity contribution in [1.82, 2.24) is 0 Å². The van der Waals surface area contributed by atoms with E-state index in [1.54, 1.807) is 0 Å². The molecule has 0 aliphatic carbocycles. The van der Waals surface area contributed by atoms with Gasteiger partial charge in [-0.1, -0.05) is 54.6 Å². The fraction of sp³-hybridized carbons (Fsp3) is 0.625. The highest BCUT2D eigenvalue weighted by molar-refractivity contribution is 6.95. The highest BCUT2D eigenvalue weighted by atomic mass is 28.3. The van der Waals surface area contributed by atoms with E-state index in [2.05, 4.69) is 79.4 Å². The van der Waals surface area contributed by atoms with E-state index in [4.69, 9.17) is 0 Å². The molecule has 0 N–H and O–H groups in total. The Hall–Kier alpha value is -0.563. The van der Waals surface area contributed by atoms with Crippen LogP contribution in [-0.2, 0) is 0 Å². The number of allylic oxidation sites excluding steroid dienone is 3. The molecule has 0 aliphatic rings. The molecule has 0 atom stereocenters. The van der Waals surface area contributed by atoms with Crippen LogP contribution in [0.1, 0.15) is 62.3 Å². The van der Waals surface area contributed by atoms with Crippen molar-refractivity contribution >= 4 is 8.07 Å². The van der Waals surface area contributed by atoms with E-state index >= 15 is 0 Å². The zero-order valence-electron chi connectivity index (χ0n) is 13.2. The Morgan fingerprint density at radius 2 is 0.882 bits per heavy atom. The molecule has 1 heteroatoms. The third kappa shape index (κ3) is 5.07. The van der Waals surface area contributed by atoms with Crippen LogP contribution in [0.15, 0.2) is 33.8 Å². The van der Waals surface area contributed by atoms with Gasteiger partial charge in [0.25, 0.3) is 0 Å². The van der Waals surface area contributed by atoms with E-state index in [1.807, 2.05) is 0 Å². The fourth-order valence-electron chi connectivity index (χ4n) is 2.21. The van der Waals surface area contributed by atoms with E-state index in [9.17, 15) is 0 Å². The van der Waals surface area contributed by atoms with Crippen LogP contribution in [0.4, 0.5) is 0 Å². The van der Waals surface area contributed by atoms with Gasteiger partial charge in [0.1, 0.15) is 8.07 Å². The molecule has 0 unspecified atom stereocenters. The molecule has 0 bridgehead atoms. The lowest BCUT2D eigenvalue weighted by Gasteiger charge is -2.37. The summed E-state index contributed by atoms with van der Waals surface area (Å²) < 4.78 is 0. The van der Waals surface area contributed by atoms with Gasteiger partial charge in [-0.3, -0.25) is 0 Å². The average molecular weight is 251 g/mol. The number of hydrogen-bond donors (Lipinski definition) is 0. The Kier molecular flexibility index (Phi) is 5.66. The van der Waals surface area contributed by atoms with Crippen LogP contribution in [-0.4, -0.2) is 8.07 Å². The summed E-state index contributed by atoms with van der Waals surface area (Å²) in [6.07, 6.45) is 0. The molecule has 0 heterocycles. The van der Waals surface area contributed by atoms with Crippen molar-refractivity contribution in [3.05, 3.63) is 33.8 Å². The Balaban J connectivity index is 6.01. The summed E-state index contributed by atoms with van der Waals surface area (Å²) in [7, 11) is -1.67. The van der Waals surface area contributed by atoms with Crippen molar-refractivity contribution in [3.63, 3.8) is 0 Å². The molecular weight excluding hydrogens is 220 g/mol. The number of rotatable bonds is 3.